The van der Waals surface area contributed by atoms with E-state index in [0.29, 0.717) is 0 Å². The van der Waals surface area contributed by atoms with E-state index in [-0.39, 0.29) is 143 Å². The summed E-state index contributed by atoms with van der Waals surface area (Å²) < 4.78 is 0. The predicted molar refractivity (Wildman–Crippen MR) is 5.75 cm³/mol. The minimum atomic E-state index is 0. The quantitative estimate of drug-likeness (QED) is 0.334. The van der Waals surface area contributed by atoms with Crippen molar-refractivity contribution in [3.63, 3.8) is 0 Å². The van der Waals surface area contributed by atoms with Crippen LogP contribution in [-0.4, -0.2) is 17.4 Å². The van der Waals surface area contributed by atoms with Gasteiger partial charge in [-0.15, -0.1) is 0 Å². The molecule has 0 nitrogen and oxygen atoms in total. The van der Waals surface area contributed by atoms with Gasteiger partial charge in [0, 0.05) is 0 Å². The van der Waals surface area contributed by atoms with Crippen molar-refractivity contribution in [2.45, 2.75) is 0 Å². The van der Waals surface area contributed by atoms with E-state index in [1.54, 1.807) is 0 Å². The van der Waals surface area contributed by atoms with Crippen LogP contribution in [0.5, 0.6) is 0 Å². The van der Waals surface area contributed by atoms with E-state index in [4.69, 9.17) is 0 Å². The molecule has 0 saturated carbocycles. The van der Waals surface area contributed by atoms with E-state index >= 15 is 0 Å². The molecule has 0 aliphatic rings. The third kappa shape index (κ3) is 24.0. The van der Waals surface area contributed by atoms with E-state index in [2.05, 4.69) is 0 Å². The van der Waals surface area contributed by atoms with Gasteiger partial charge in [0.2, 0.25) is 0 Å². The molecule has 0 amide bonds. The van der Waals surface area contributed by atoms with Crippen molar-refractivity contribution in [1.29, 1.82) is 0 Å². The van der Waals surface area contributed by atoms with Crippen LogP contribution in [0.3, 0.4) is 0 Å². The minimum Gasteiger partial charge on any atom is -1.00 e. The Morgan fingerprint density at radius 1 is 0.500 bits per heavy atom. The second-order valence-electron chi connectivity index (χ2n) is 0. The van der Waals surface area contributed by atoms with Crippen LogP contribution in [0.4, 0.5) is 0 Å². The minimum absolute atomic E-state index is 0. The Morgan fingerprint density at radius 2 is 0.500 bits per heavy atom. The van der Waals surface area contributed by atoms with Crippen LogP contribution < -0.4 is 126 Å². The second kappa shape index (κ2) is 34.8. The number of halogens is 4. The van der Waals surface area contributed by atoms with Gasteiger partial charge in [-0.25, -0.2) is 0 Å². The summed E-state index contributed by atoms with van der Waals surface area (Å²) in [5.74, 6) is 0. The van der Waals surface area contributed by atoms with Crippen molar-refractivity contribution in [2.75, 3.05) is 0 Å². The molecule has 0 N–H and O–H groups in total. The van der Waals surface area contributed by atoms with Crippen LogP contribution in [0.15, 0.2) is 0 Å². The summed E-state index contributed by atoms with van der Waals surface area (Å²) in [5, 5.41) is 0. The Labute approximate surface area is 140 Å². The van der Waals surface area contributed by atoms with E-state index in [1.807, 2.05) is 0 Å². The molecular weight excluding hydrogens is 432 g/mol. The maximum atomic E-state index is 0. The molecule has 0 heterocycles. The molecule has 0 aromatic rings. The molecule has 0 saturated heterocycles. The van der Waals surface area contributed by atoms with Crippen LogP contribution >= 0.6 is 0 Å². The van der Waals surface area contributed by atoms with E-state index in [1.165, 1.54) is 0 Å². The third-order valence-corrected chi connectivity index (χ3v) is 0. The molecule has 6 heteroatoms. The number of hydrogen-bond donors (Lipinski definition) is 0. The molecule has 0 radical (unpaired) electrons. The normalized spacial score (nSPS) is 0. The van der Waals surface area contributed by atoms with Gasteiger partial charge >= 0.3 is 75.5 Å². The first-order chi connectivity index (χ1) is 0. The van der Waals surface area contributed by atoms with E-state index in [9.17, 15) is 0 Å². The summed E-state index contributed by atoms with van der Waals surface area (Å²) in [6.07, 6.45) is 0. The van der Waals surface area contributed by atoms with Gasteiger partial charge in [-0.05, 0) is 0 Å². The van der Waals surface area contributed by atoms with Crippen molar-refractivity contribution < 1.29 is 126 Å². The van der Waals surface area contributed by atoms with Crippen molar-refractivity contribution >= 4 is 17.4 Å². The first-order valence-electron chi connectivity index (χ1n) is 0. The second-order valence-corrected chi connectivity index (χ2v) is 0. The monoisotopic (exact) mass is 428 g/mol. The Bertz CT molecular complexity index is 7.51. The zero-order valence-electron chi connectivity index (χ0n) is 3.09. The fourth-order valence-electron chi connectivity index (χ4n) is 0. The van der Waals surface area contributed by atoms with Crippen LogP contribution in [0.25, 0.3) is 0 Å². The summed E-state index contributed by atoms with van der Waals surface area (Å²) in [7, 11) is 0. The maximum absolute atomic E-state index is 0. The van der Waals surface area contributed by atoms with Gasteiger partial charge < -0.3 is 67.9 Å². The largest absolute Gasteiger partial charge is 3.00 e. The maximum Gasteiger partial charge on any atom is 3.00 e. The molecule has 0 fully saturated rings. The third-order valence-electron chi connectivity index (χ3n) is 0. The molecule has 0 atom stereocenters. The molecule has 0 aliphatic heterocycles. The van der Waals surface area contributed by atoms with Crippen LogP contribution in [-0.2, 0) is 0 Å². The molecule has 0 aromatic heterocycles. The molecule has 6 heavy (non-hydrogen) atoms. The molecule has 0 bridgehead atoms. The Balaban J connectivity index is 0. The smallest absolute Gasteiger partial charge is 1.00 e. The molecule has 0 spiro atoms. The average Bonchev–Trinajstić information content (AvgIpc) is 0. The zero-order valence-corrected chi connectivity index (χ0v) is 15.5. The zero-order chi connectivity index (χ0) is 0. The van der Waals surface area contributed by atoms with Crippen LogP contribution in [0.1, 0.15) is 0 Å². The predicted octanol–water partition coefficient (Wildman–Crippen LogP) is -15.4. The van der Waals surface area contributed by atoms with Gasteiger partial charge in [-0.1, -0.05) is 0 Å². The Hall–Kier alpha value is 4.26. The fraction of sp³-hybridized carbons (Fsp3) is 0. The van der Waals surface area contributed by atoms with Gasteiger partial charge in [0.15, 0.2) is 0 Å². The summed E-state index contributed by atoms with van der Waals surface area (Å²) >= 11 is 0. The number of hydrogen-bond acceptors (Lipinski definition) is 0. The van der Waals surface area contributed by atoms with Crippen molar-refractivity contribution in [2.24, 2.45) is 0 Å². The van der Waals surface area contributed by atoms with Crippen LogP contribution in [0, 0.1) is 0 Å². The van der Waals surface area contributed by atoms with Gasteiger partial charge in [0.05, 0.1) is 0 Å². The van der Waals surface area contributed by atoms with E-state index < -0.39 is 0 Å². The van der Waals surface area contributed by atoms with E-state index in [0.717, 1.165) is 0 Å². The van der Waals surface area contributed by atoms with Gasteiger partial charge in [-0.3, -0.25) is 0 Å². The summed E-state index contributed by atoms with van der Waals surface area (Å²) in [6, 6.07) is 0. The molecule has 0 unspecified atom stereocenters. The van der Waals surface area contributed by atoms with Crippen molar-refractivity contribution in [3.05, 3.63) is 0 Å². The topological polar surface area (TPSA) is 0 Å². The molecule has 0 rings (SSSR count). The Kier molecular flexibility index (Phi) is 281. The van der Waals surface area contributed by atoms with Crippen molar-refractivity contribution in [1.82, 2.24) is 0 Å². The number of rotatable bonds is 0. The SMILES string of the molecule is [Al+3].[Br-].[Br-].[Br-].[Br-].[Rb+]. The van der Waals surface area contributed by atoms with Gasteiger partial charge in [0.25, 0.3) is 0 Å². The summed E-state index contributed by atoms with van der Waals surface area (Å²) in [4.78, 5) is 0. The summed E-state index contributed by atoms with van der Waals surface area (Å²) in [6.45, 7) is 0. The Morgan fingerprint density at radius 3 is 0.500 bits per heavy atom. The first kappa shape index (κ1) is 48.5. The first-order valence-corrected chi connectivity index (χ1v) is 0. The average molecular weight is 432 g/mol. The van der Waals surface area contributed by atoms with Gasteiger partial charge in [-0.2, -0.15) is 0 Å². The molecular formula is AlBr4Rb. The molecule has 0 aromatic carbocycles. The molecule has 0 aliphatic carbocycles. The van der Waals surface area contributed by atoms with Crippen molar-refractivity contribution in [3.8, 4) is 0 Å². The summed E-state index contributed by atoms with van der Waals surface area (Å²) in [5.41, 5.74) is 0. The van der Waals surface area contributed by atoms with Gasteiger partial charge in [0.1, 0.15) is 0 Å². The van der Waals surface area contributed by atoms with Crippen LogP contribution in [0.2, 0.25) is 0 Å². The standard InChI is InChI=1S/Al.4BrH.Rb/h;4*1H;/q+3;;;;;+1/p-4. The molecule has 32 valence electrons. The fourth-order valence-corrected chi connectivity index (χ4v) is 0.